The molecule has 4 heteroatoms. The Kier molecular flexibility index (Phi) is 9.69. The maximum absolute atomic E-state index is 4.47. The Labute approximate surface area is 224 Å². The third kappa shape index (κ3) is 7.33. The smallest absolute Gasteiger partial charge is 0.106 e. The van der Waals surface area contributed by atoms with Gasteiger partial charge >= 0.3 is 0 Å². The number of benzene rings is 2. The van der Waals surface area contributed by atoms with Gasteiger partial charge in [0.2, 0.25) is 0 Å². The quantitative estimate of drug-likeness (QED) is 0.237. The van der Waals surface area contributed by atoms with Gasteiger partial charge in [-0.05, 0) is 76.3 Å². The van der Waals surface area contributed by atoms with Crippen LogP contribution in [0.1, 0.15) is 56.7 Å². The van der Waals surface area contributed by atoms with Gasteiger partial charge in [-0.25, -0.2) is 0 Å². The summed E-state index contributed by atoms with van der Waals surface area (Å²) in [6.45, 7) is 27.1. The molecule has 0 saturated heterocycles. The number of nitrogens with one attached hydrogen (secondary N) is 2. The van der Waals surface area contributed by atoms with Gasteiger partial charge in [0.1, 0.15) is 5.82 Å². The number of para-hydroxylation sites is 1. The van der Waals surface area contributed by atoms with Crippen molar-refractivity contribution < 1.29 is 0 Å². The van der Waals surface area contributed by atoms with Gasteiger partial charge in [-0.2, -0.15) is 0 Å². The summed E-state index contributed by atoms with van der Waals surface area (Å²) >= 11 is 0. The fraction of sp³-hybridized carbons (Fsp3) is 0.333. The van der Waals surface area contributed by atoms with Crippen LogP contribution in [0.15, 0.2) is 86.0 Å². The van der Waals surface area contributed by atoms with E-state index in [1.165, 1.54) is 11.1 Å². The highest BCUT2D eigenvalue weighted by Crippen LogP contribution is 2.39. The number of hydrogen-bond donors (Lipinski definition) is 2. The van der Waals surface area contributed by atoms with E-state index in [0.29, 0.717) is 12.6 Å². The molecule has 2 aromatic rings. The Bertz CT molecular complexity index is 1220. The van der Waals surface area contributed by atoms with E-state index in [1.54, 1.807) is 0 Å². The largest absolute Gasteiger partial charge is 0.387 e. The van der Waals surface area contributed by atoms with Gasteiger partial charge < -0.3 is 20.4 Å². The maximum Gasteiger partial charge on any atom is 0.106 e. The van der Waals surface area contributed by atoms with Gasteiger partial charge in [0.25, 0.3) is 0 Å². The Morgan fingerprint density at radius 3 is 2.46 bits per heavy atom. The van der Waals surface area contributed by atoms with Gasteiger partial charge in [0.15, 0.2) is 0 Å². The molecule has 0 aromatic heterocycles. The van der Waals surface area contributed by atoms with Crippen molar-refractivity contribution in [1.82, 2.24) is 10.2 Å². The summed E-state index contributed by atoms with van der Waals surface area (Å²) in [5, 5.41) is 6.90. The van der Waals surface area contributed by atoms with Crippen molar-refractivity contribution in [3.63, 3.8) is 0 Å². The molecular weight excluding hydrogens is 452 g/mol. The van der Waals surface area contributed by atoms with Crippen molar-refractivity contribution in [2.24, 2.45) is 0 Å². The van der Waals surface area contributed by atoms with E-state index in [2.05, 4.69) is 122 Å². The van der Waals surface area contributed by atoms with E-state index in [1.807, 2.05) is 6.92 Å². The third-order valence-electron chi connectivity index (χ3n) is 6.53. The zero-order valence-electron chi connectivity index (χ0n) is 23.1. The van der Waals surface area contributed by atoms with Crippen LogP contribution in [0, 0.1) is 18.8 Å². The van der Waals surface area contributed by atoms with Crippen LogP contribution in [0.2, 0.25) is 0 Å². The number of hydrogen-bond acceptors (Lipinski definition) is 4. The molecule has 2 aromatic carbocycles. The number of fused-ring (bicyclic) bond motifs is 1. The van der Waals surface area contributed by atoms with Crippen molar-refractivity contribution in [2.75, 3.05) is 23.3 Å². The summed E-state index contributed by atoms with van der Waals surface area (Å²) in [7, 11) is 0. The summed E-state index contributed by atoms with van der Waals surface area (Å²) in [5.41, 5.74) is 8.74. The van der Waals surface area contributed by atoms with Gasteiger partial charge in [-0.15, -0.1) is 5.92 Å². The standard InChI is InChI=1S/C33H42N4/c1-9-10-16-30-19-20-31(22-25(30)4)35-27(6)23-37-29(8)36(21-14-13-15-26(5)34-24(2)3)28(7)32-17-11-12-18-33(32)37/h11-12,17-20,22,24,34-35H,5-8,13-16,21,23H2,1-4H3. The first-order chi connectivity index (χ1) is 17.7. The highest BCUT2D eigenvalue weighted by atomic mass is 15.4. The van der Waals surface area contributed by atoms with Gasteiger partial charge in [0, 0.05) is 47.3 Å². The molecule has 0 spiro atoms. The number of anilines is 2. The van der Waals surface area contributed by atoms with Crippen molar-refractivity contribution in [3.8, 4) is 11.8 Å². The zero-order chi connectivity index (χ0) is 26.9. The molecule has 0 radical (unpaired) electrons. The van der Waals surface area contributed by atoms with Crippen LogP contribution in [-0.4, -0.2) is 24.0 Å². The highest BCUT2D eigenvalue weighted by molar-refractivity contribution is 5.81. The van der Waals surface area contributed by atoms with Crippen molar-refractivity contribution in [3.05, 3.63) is 103 Å². The molecule has 4 nitrogen and oxygen atoms in total. The van der Waals surface area contributed by atoms with Gasteiger partial charge in [0.05, 0.1) is 12.2 Å². The van der Waals surface area contributed by atoms with Crippen LogP contribution >= 0.6 is 0 Å². The fourth-order valence-corrected chi connectivity index (χ4v) is 4.66. The topological polar surface area (TPSA) is 30.5 Å². The van der Waals surface area contributed by atoms with Crippen LogP contribution < -0.4 is 15.5 Å². The monoisotopic (exact) mass is 494 g/mol. The van der Waals surface area contributed by atoms with Crippen molar-refractivity contribution in [1.29, 1.82) is 0 Å². The number of rotatable bonds is 12. The molecule has 3 rings (SSSR count). The molecule has 2 N–H and O–H groups in total. The Morgan fingerprint density at radius 2 is 1.76 bits per heavy atom. The molecule has 1 aliphatic heterocycles. The fourth-order valence-electron chi connectivity index (χ4n) is 4.66. The molecule has 0 unspecified atom stereocenters. The maximum atomic E-state index is 4.47. The lowest BCUT2D eigenvalue weighted by Crippen LogP contribution is -2.40. The number of unbranched alkanes of at least 4 members (excludes halogenated alkanes) is 1. The molecule has 0 bridgehead atoms. The van der Waals surface area contributed by atoms with E-state index in [9.17, 15) is 0 Å². The zero-order valence-corrected chi connectivity index (χ0v) is 23.1. The van der Waals surface area contributed by atoms with Crippen molar-refractivity contribution >= 4 is 17.1 Å². The molecule has 0 fully saturated rings. The van der Waals surface area contributed by atoms with E-state index < -0.39 is 0 Å². The normalized spacial score (nSPS) is 12.7. The molecule has 0 aliphatic carbocycles. The van der Waals surface area contributed by atoms with Gasteiger partial charge in [-0.3, -0.25) is 0 Å². The molecule has 0 saturated carbocycles. The molecule has 0 atom stereocenters. The second kappa shape index (κ2) is 12.9. The van der Waals surface area contributed by atoms with Gasteiger partial charge in [-0.1, -0.05) is 56.5 Å². The summed E-state index contributed by atoms with van der Waals surface area (Å²) in [4.78, 5) is 4.47. The summed E-state index contributed by atoms with van der Waals surface area (Å²) in [5.74, 6) is 7.05. The molecule has 194 valence electrons. The van der Waals surface area contributed by atoms with Crippen LogP contribution in [-0.2, 0) is 6.42 Å². The molecule has 0 amide bonds. The summed E-state index contributed by atoms with van der Waals surface area (Å²) in [6, 6.07) is 15.2. The van der Waals surface area contributed by atoms with Crippen LogP contribution in [0.25, 0.3) is 5.70 Å². The van der Waals surface area contributed by atoms with Crippen LogP contribution in [0.3, 0.4) is 0 Å². The van der Waals surface area contributed by atoms with Crippen molar-refractivity contribution in [2.45, 2.75) is 59.4 Å². The first-order valence-electron chi connectivity index (χ1n) is 13.1. The molecule has 1 heterocycles. The van der Waals surface area contributed by atoms with Crippen LogP contribution in [0.5, 0.6) is 0 Å². The average Bonchev–Trinajstić information content (AvgIpc) is 2.85. The number of nitrogens with zero attached hydrogens (tertiary/aromatic N) is 2. The minimum atomic E-state index is 0.415. The first kappa shape index (κ1) is 27.7. The number of aryl methyl sites for hydroxylation is 1. The van der Waals surface area contributed by atoms with E-state index in [0.717, 1.165) is 72.1 Å². The Balaban J connectivity index is 1.69. The lowest BCUT2D eigenvalue weighted by molar-refractivity contribution is 0.442. The number of allylic oxidation sites excluding steroid dienone is 1. The first-order valence-corrected chi connectivity index (χ1v) is 13.1. The minimum absolute atomic E-state index is 0.415. The second-order valence-electron chi connectivity index (χ2n) is 9.95. The third-order valence-corrected chi connectivity index (χ3v) is 6.53. The van der Waals surface area contributed by atoms with E-state index in [4.69, 9.17) is 0 Å². The molecular formula is C33H42N4. The highest BCUT2D eigenvalue weighted by Gasteiger charge is 2.28. The summed E-state index contributed by atoms with van der Waals surface area (Å²) < 4.78 is 0. The Hall–Kier alpha value is -3.84. The minimum Gasteiger partial charge on any atom is -0.387 e. The lowest BCUT2D eigenvalue weighted by Gasteiger charge is -2.42. The lowest BCUT2D eigenvalue weighted by atomic mass is 10.0. The second-order valence-corrected chi connectivity index (χ2v) is 9.95. The van der Waals surface area contributed by atoms with Crippen LogP contribution in [0.4, 0.5) is 11.4 Å². The van der Waals surface area contributed by atoms with E-state index >= 15 is 0 Å². The molecule has 1 aliphatic rings. The average molecular weight is 495 g/mol. The predicted octanol–water partition coefficient (Wildman–Crippen LogP) is 7.43. The predicted molar refractivity (Wildman–Crippen MR) is 161 cm³/mol. The SMILES string of the molecule is C=C(CN1C(=C)N(CCCCC(=C)NC(C)C)C(=C)c2ccccc21)Nc1ccc(CC#CC)c(C)c1. The Morgan fingerprint density at radius 1 is 1.00 bits per heavy atom. The summed E-state index contributed by atoms with van der Waals surface area (Å²) in [6.07, 6.45) is 3.83. The van der Waals surface area contributed by atoms with E-state index in [-0.39, 0.29) is 0 Å². The molecule has 37 heavy (non-hydrogen) atoms.